The van der Waals surface area contributed by atoms with Crippen molar-refractivity contribution in [1.29, 1.82) is 0 Å². The van der Waals surface area contributed by atoms with Crippen molar-refractivity contribution in [3.63, 3.8) is 0 Å². The molecule has 2 aromatic heterocycles. The van der Waals surface area contributed by atoms with E-state index in [-0.39, 0.29) is 10.8 Å². The van der Waals surface area contributed by atoms with Crippen LogP contribution in [0, 0.1) is 0 Å². The fraction of sp³-hybridized carbons (Fsp3) is 0.130. The summed E-state index contributed by atoms with van der Waals surface area (Å²) >= 11 is 0. The Morgan fingerprint density at radius 1 is 0.417 bits per heavy atom. The van der Waals surface area contributed by atoms with Gasteiger partial charge in [0.25, 0.3) is 0 Å². The van der Waals surface area contributed by atoms with Gasteiger partial charge < -0.3 is 0 Å². The Hall–Kier alpha value is -5.60. The normalized spacial score (nSPS) is 15.0. The summed E-state index contributed by atoms with van der Waals surface area (Å²) in [7, 11) is 0. The maximum atomic E-state index is 5.20. The average Bonchev–Trinajstić information content (AvgIpc) is 3.49. The molecule has 0 radical (unpaired) electrons. The van der Waals surface area contributed by atoms with E-state index < -0.39 is 0 Å². The van der Waals surface area contributed by atoms with Crippen LogP contribution in [0.4, 0.5) is 0 Å². The van der Waals surface area contributed by atoms with Gasteiger partial charge in [0.1, 0.15) is 0 Å². The van der Waals surface area contributed by atoms with E-state index in [1.54, 1.807) is 0 Å². The van der Waals surface area contributed by atoms with E-state index in [9.17, 15) is 0 Å². The Labute approximate surface area is 280 Å². The third kappa shape index (κ3) is 3.63. The van der Waals surface area contributed by atoms with Crippen LogP contribution in [0.3, 0.4) is 0 Å². The lowest BCUT2D eigenvalue weighted by Gasteiger charge is -2.26. The molecular formula is C46H34N2. The van der Waals surface area contributed by atoms with Crippen LogP contribution in [0.15, 0.2) is 134 Å². The first-order valence-electron chi connectivity index (χ1n) is 16.9. The van der Waals surface area contributed by atoms with E-state index in [0.29, 0.717) is 0 Å². The molecule has 0 spiro atoms. The van der Waals surface area contributed by atoms with Crippen LogP contribution in [0.5, 0.6) is 0 Å². The molecule has 228 valence electrons. The summed E-state index contributed by atoms with van der Waals surface area (Å²) in [4.78, 5) is 9.89. The van der Waals surface area contributed by atoms with Crippen LogP contribution in [0.1, 0.15) is 49.9 Å². The Balaban J connectivity index is 1.12. The maximum absolute atomic E-state index is 5.20. The van der Waals surface area contributed by atoms with Gasteiger partial charge in [0, 0.05) is 33.4 Å². The second kappa shape index (κ2) is 9.49. The highest BCUT2D eigenvalue weighted by molar-refractivity contribution is 6.07. The van der Waals surface area contributed by atoms with Crippen LogP contribution >= 0.6 is 0 Å². The zero-order valence-electron chi connectivity index (χ0n) is 27.6. The molecule has 0 amide bonds. The smallest absolute Gasteiger partial charge is 0.0972 e. The third-order valence-electron chi connectivity index (χ3n) is 11.3. The third-order valence-corrected chi connectivity index (χ3v) is 11.3. The van der Waals surface area contributed by atoms with E-state index in [0.717, 1.165) is 33.1 Å². The SMILES string of the molecule is CC1(C)c2ccccc2-c2cc3c(cc21)C(C)(C)c1cc(-c2ccc(-c4ccc5ccc6cccnc6c5n4)c4ccccc24)ccc1-3. The van der Waals surface area contributed by atoms with E-state index >= 15 is 0 Å². The highest BCUT2D eigenvalue weighted by Gasteiger charge is 2.41. The lowest BCUT2D eigenvalue weighted by atomic mass is 9.77. The van der Waals surface area contributed by atoms with Gasteiger partial charge in [0.2, 0.25) is 0 Å². The first kappa shape index (κ1) is 27.5. The molecule has 0 saturated carbocycles. The Kier molecular flexibility index (Phi) is 5.44. The van der Waals surface area contributed by atoms with Gasteiger partial charge in [-0.05, 0) is 90.7 Å². The molecule has 6 aromatic carbocycles. The van der Waals surface area contributed by atoms with Gasteiger partial charge in [0.05, 0.1) is 16.7 Å². The molecular weight excluding hydrogens is 581 g/mol. The lowest BCUT2D eigenvalue weighted by Crippen LogP contribution is -2.18. The monoisotopic (exact) mass is 614 g/mol. The Morgan fingerprint density at radius 2 is 1.02 bits per heavy atom. The first-order valence-corrected chi connectivity index (χ1v) is 16.9. The van der Waals surface area contributed by atoms with Gasteiger partial charge in [-0.25, -0.2) is 4.98 Å². The largest absolute Gasteiger partial charge is 0.254 e. The summed E-state index contributed by atoms with van der Waals surface area (Å²) in [6.45, 7) is 9.54. The molecule has 0 unspecified atom stereocenters. The predicted octanol–water partition coefficient (Wildman–Crippen LogP) is 11.9. The van der Waals surface area contributed by atoms with Gasteiger partial charge in [-0.2, -0.15) is 0 Å². The van der Waals surface area contributed by atoms with Crippen molar-refractivity contribution in [1.82, 2.24) is 9.97 Å². The van der Waals surface area contributed by atoms with Gasteiger partial charge in [-0.15, -0.1) is 0 Å². The lowest BCUT2D eigenvalue weighted by molar-refractivity contribution is 0.639. The van der Waals surface area contributed by atoms with Crippen LogP contribution in [0.25, 0.3) is 77.2 Å². The van der Waals surface area contributed by atoms with Gasteiger partial charge in [-0.3, -0.25) is 4.98 Å². The van der Waals surface area contributed by atoms with Crippen molar-refractivity contribution in [3.05, 3.63) is 156 Å². The topological polar surface area (TPSA) is 25.8 Å². The molecule has 2 heteroatoms. The van der Waals surface area contributed by atoms with Crippen molar-refractivity contribution in [2.75, 3.05) is 0 Å². The molecule has 0 fully saturated rings. The van der Waals surface area contributed by atoms with Crippen molar-refractivity contribution < 1.29 is 0 Å². The summed E-state index contributed by atoms with van der Waals surface area (Å²) in [5.41, 5.74) is 17.5. The molecule has 0 N–H and O–H groups in total. The Morgan fingerprint density at radius 3 is 1.83 bits per heavy atom. The molecule has 0 aliphatic heterocycles. The number of nitrogens with zero attached hydrogens (tertiary/aromatic N) is 2. The second-order valence-electron chi connectivity index (χ2n) is 14.6. The number of rotatable bonds is 2. The summed E-state index contributed by atoms with van der Waals surface area (Å²) in [6, 6.07) is 47.0. The number of benzene rings is 6. The minimum absolute atomic E-state index is 0.0128. The van der Waals surface area contributed by atoms with E-state index in [1.807, 2.05) is 12.3 Å². The quantitative estimate of drug-likeness (QED) is 0.181. The fourth-order valence-corrected chi connectivity index (χ4v) is 8.74. The van der Waals surface area contributed by atoms with Crippen molar-refractivity contribution in [2.45, 2.75) is 38.5 Å². The molecule has 2 aliphatic rings. The highest BCUT2D eigenvalue weighted by atomic mass is 14.8. The highest BCUT2D eigenvalue weighted by Crippen LogP contribution is 2.56. The van der Waals surface area contributed by atoms with Gasteiger partial charge in [0.15, 0.2) is 0 Å². The molecule has 8 aromatic rings. The first-order chi connectivity index (χ1) is 23.3. The Bertz CT molecular complexity index is 2680. The van der Waals surface area contributed by atoms with Gasteiger partial charge >= 0.3 is 0 Å². The minimum Gasteiger partial charge on any atom is -0.254 e. The molecule has 10 rings (SSSR count). The van der Waals surface area contributed by atoms with E-state index in [1.165, 1.54) is 66.4 Å². The van der Waals surface area contributed by atoms with Crippen molar-refractivity contribution >= 4 is 32.6 Å². The fourth-order valence-electron chi connectivity index (χ4n) is 8.74. The molecule has 0 atom stereocenters. The molecule has 48 heavy (non-hydrogen) atoms. The molecule has 2 aliphatic carbocycles. The number of hydrogen-bond acceptors (Lipinski definition) is 2. The van der Waals surface area contributed by atoms with Crippen molar-refractivity contribution in [2.24, 2.45) is 0 Å². The molecule has 2 nitrogen and oxygen atoms in total. The van der Waals surface area contributed by atoms with Crippen LogP contribution in [0.2, 0.25) is 0 Å². The number of pyridine rings is 2. The average molecular weight is 615 g/mol. The van der Waals surface area contributed by atoms with Gasteiger partial charge in [-0.1, -0.05) is 131 Å². The van der Waals surface area contributed by atoms with Crippen LogP contribution in [-0.2, 0) is 10.8 Å². The molecule has 0 saturated heterocycles. The standard InChI is InChI=1S/C46H34N2/c1-45(2)38-14-8-7-13-33(38)36-25-37-34-19-17-29(24-39(34)46(3,4)41(37)26-40(36)45)30-20-21-35(32-12-6-5-11-31(30)32)42-22-18-28-16-15-27-10-9-23-47-43(27)44(28)48-42/h5-26H,1-4H3. The van der Waals surface area contributed by atoms with E-state index in [4.69, 9.17) is 4.98 Å². The minimum atomic E-state index is -0.109. The van der Waals surface area contributed by atoms with Crippen LogP contribution < -0.4 is 0 Å². The molecule has 0 bridgehead atoms. The zero-order valence-corrected chi connectivity index (χ0v) is 27.6. The summed E-state index contributed by atoms with van der Waals surface area (Å²) < 4.78 is 0. The number of aromatic nitrogens is 2. The van der Waals surface area contributed by atoms with Crippen LogP contribution in [-0.4, -0.2) is 9.97 Å². The number of fused-ring (bicyclic) bond motifs is 10. The summed E-state index contributed by atoms with van der Waals surface area (Å²) in [5, 5.41) is 4.65. The summed E-state index contributed by atoms with van der Waals surface area (Å²) in [6.07, 6.45) is 1.85. The molecule has 2 heterocycles. The van der Waals surface area contributed by atoms with Crippen molar-refractivity contribution in [3.8, 4) is 44.6 Å². The number of hydrogen-bond donors (Lipinski definition) is 0. The maximum Gasteiger partial charge on any atom is 0.0972 e. The summed E-state index contributed by atoms with van der Waals surface area (Å²) in [5.74, 6) is 0. The van der Waals surface area contributed by atoms with E-state index in [2.05, 4.69) is 154 Å². The second-order valence-corrected chi connectivity index (χ2v) is 14.6. The zero-order chi connectivity index (χ0) is 32.4. The predicted molar refractivity (Wildman–Crippen MR) is 201 cm³/mol.